The smallest absolute Gasteiger partial charge is 0.251 e. The summed E-state index contributed by atoms with van der Waals surface area (Å²) in [6.45, 7) is 0. The van der Waals surface area contributed by atoms with E-state index in [1.165, 1.54) is 16.2 Å². The van der Waals surface area contributed by atoms with Gasteiger partial charge in [0.1, 0.15) is 5.00 Å². The molecule has 4 nitrogen and oxygen atoms in total. The van der Waals surface area contributed by atoms with Gasteiger partial charge in [0.05, 0.1) is 15.8 Å². The van der Waals surface area contributed by atoms with E-state index in [9.17, 15) is 4.79 Å². The largest absolute Gasteiger partial charge is 0.365 e. The molecule has 1 aromatic carbocycles. The molecular formula is C17H17N3OS3. The maximum Gasteiger partial charge on any atom is 0.251 e. The van der Waals surface area contributed by atoms with E-state index in [-0.39, 0.29) is 5.91 Å². The number of nitrogens with zero attached hydrogens (tertiary/aromatic N) is 1. The zero-order valence-corrected chi connectivity index (χ0v) is 15.7. The molecule has 0 bridgehead atoms. The summed E-state index contributed by atoms with van der Waals surface area (Å²) in [7, 11) is 0. The molecule has 3 aromatic rings. The Morgan fingerprint density at radius 3 is 2.92 bits per heavy atom. The molecule has 0 saturated heterocycles. The number of hydrogen-bond donors (Lipinski definition) is 2. The van der Waals surface area contributed by atoms with Gasteiger partial charge in [-0.15, -0.1) is 23.1 Å². The summed E-state index contributed by atoms with van der Waals surface area (Å²) in [5.74, 6) is -0.345. The second kappa shape index (κ2) is 6.38. The third-order valence-corrected chi connectivity index (χ3v) is 7.10. The quantitative estimate of drug-likeness (QED) is 0.643. The number of primary amides is 1. The predicted molar refractivity (Wildman–Crippen MR) is 104 cm³/mol. The van der Waals surface area contributed by atoms with Gasteiger partial charge in [-0.1, -0.05) is 11.3 Å². The van der Waals surface area contributed by atoms with Crippen LogP contribution in [0.3, 0.4) is 0 Å². The number of carbonyl (C=O) groups is 1. The lowest BCUT2D eigenvalue weighted by molar-refractivity contribution is 0.100. The van der Waals surface area contributed by atoms with Crippen molar-refractivity contribution in [3.63, 3.8) is 0 Å². The third-order valence-electron chi connectivity index (χ3n) is 4.23. The average Bonchev–Trinajstić information content (AvgIpc) is 3.13. The molecule has 0 atom stereocenters. The average molecular weight is 376 g/mol. The number of aromatic nitrogens is 1. The van der Waals surface area contributed by atoms with Gasteiger partial charge in [-0.2, -0.15) is 0 Å². The van der Waals surface area contributed by atoms with E-state index in [2.05, 4.69) is 28.7 Å². The van der Waals surface area contributed by atoms with Crippen LogP contribution in [0.5, 0.6) is 0 Å². The number of hydrogen-bond acceptors (Lipinski definition) is 6. The molecule has 1 aliphatic rings. The number of thioether (sulfide) groups is 1. The topological polar surface area (TPSA) is 68.0 Å². The van der Waals surface area contributed by atoms with Crippen molar-refractivity contribution in [3.8, 4) is 0 Å². The van der Waals surface area contributed by atoms with Crippen LogP contribution in [0.15, 0.2) is 23.1 Å². The summed E-state index contributed by atoms with van der Waals surface area (Å²) in [6, 6.07) is 6.27. The van der Waals surface area contributed by atoms with Crippen molar-refractivity contribution in [1.29, 1.82) is 0 Å². The normalized spacial score (nSPS) is 13.9. The van der Waals surface area contributed by atoms with Crippen molar-refractivity contribution >= 4 is 60.7 Å². The molecule has 0 spiro atoms. The van der Waals surface area contributed by atoms with Crippen LogP contribution < -0.4 is 11.1 Å². The SMILES string of the molecule is CSc1ccc2nc(Nc3sc4c(c3C(N)=O)CCCC4)sc2c1. The number of rotatable bonds is 4. The fourth-order valence-electron chi connectivity index (χ4n) is 3.10. The summed E-state index contributed by atoms with van der Waals surface area (Å²) in [5.41, 5.74) is 8.44. The summed E-state index contributed by atoms with van der Waals surface area (Å²) < 4.78 is 1.14. The van der Waals surface area contributed by atoms with Crippen molar-refractivity contribution in [2.45, 2.75) is 30.6 Å². The monoisotopic (exact) mass is 375 g/mol. The van der Waals surface area contributed by atoms with Crippen LogP contribution in [0.25, 0.3) is 10.2 Å². The van der Waals surface area contributed by atoms with Crippen molar-refractivity contribution in [2.75, 3.05) is 11.6 Å². The molecule has 1 aliphatic carbocycles. The maximum atomic E-state index is 12.0. The number of thiophene rings is 1. The predicted octanol–water partition coefficient (Wildman–Crippen LogP) is 4.80. The molecule has 0 unspecified atom stereocenters. The summed E-state index contributed by atoms with van der Waals surface area (Å²) in [6.07, 6.45) is 6.37. The van der Waals surface area contributed by atoms with Gasteiger partial charge in [0.2, 0.25) is 0 Å². The molecule has 0 aliphatic heterocycles. The Balaban J connectivity index is 1.72. The molecular weight excluding hydrogens is 358 g/mol. The fourth-order valence-corrected chi connectivity index (χ4v) is 5.88. The van der Waals surface area contributed by atoms with Gasteiger partial charge >= 0.3 is 0 Å². The molecule has 2 aromatic heterocycles. The van der Waals surface area contributed by atoms with Crippen molar-refractivity contribution in [2.24, 2.45) is 5.73 Å². The fraction of sp³-hybridized carbons (Fsp3) is 0.294. The van der Waals surface area contributed by atoms with Gasteiger partial charge in [0, 0.05) is 9.77 Å². The first kappa shape index (κ1) is 15.9. The van der Waals surface area contributed by atoms with E-state index >= 15 is 0 Å². The third kappa shape index (κ3) is 2.81. The molecule has 7 heteroatoms. The Morgan fingerprint density at radius 1 is 1.29 bits per heavy atom. The van der Waals surface area contributed by atoms with Gasteiger partial charge in [0.25, 0.3) is 5.91 Å². The highest BCUT2D eigenvalue weighted by Crippen LogP contribution is 2.40. The number of benzene rings is 1. The number of amides is 1. The number of nitrogens with two attached hydrogens (primary N) is 1. The second-order valence-electron chi connectivity index (χ2n) is 5.76. The van der Waals surface area contributed by atoms with E-state index in [1.54, 1.807) is 34.4 Å². The highest BCUT2D eigenvalue weighted by molar-refractivity contribution is 7.98. The van der Waals surface area contributed by atoms with Gasteiger partial charge < -0.3 is 11.1 Å². The van der Waals surface area contributed by atoms with Crippen molar-refractivity contribution in [1.82, 2.24) is 4.98 Å². The summed E-state index contributed by atoms with van der Waals surface area (Å²) in [4.78, 5) is 19.1. The lowest BCUT2D eigenvalue weighted by Gasteiger charge is -2.11. The van der Waals surface area contributed by atoms with E-state index in [0.29, 0.717) is 5.56 Å². The highest BCUT2D eigenvalue weighted by atomic mass is 32.2. The van der Waals surface area contributed by atoms with Crippen molar-refractivity contribution in [3.05, 3.63) is 34.2 Å². The number of aryl methyl sites for hydroxylation is 1. The van der Waals surface area contributed by atoms with Crippen molar-refractivity contribution < 1.29 is 4.79 Å². The molecule has 0 radical (unpaired) electrons. The lowest BCUT2D eigenvalue weighted by atomic mass is 9.95. The Morgan fingerprint density at radius 2 is 2.12 bits per heavy atom. The van der Waals surface area contributed by atoms with Crippen LogP contribution in [-0.2, 0) is 12.8 Å². The Hall–Kier alpha value is -1.57. The van der Waals surface area contributed by atoms with E-state index in [0.717, 1.165) is 45.2 Å². The molecule has 4 rings (SSSR count). The molecule has 24 heavy (non-hydrogen) atoms. The van der Waals surface area contributed by atoms with E-state index < -0.39 is 0 Å². The van der Waals surface area contributed by atoms with Gasteiger partial charge in [-0.05, 0) is 55.7 Å². The zero-order valence-electron chi connectivity index (χ0n) is 13.2. The van der Waals surface area contributed by atoms with Gasteiger partial charge in [-0.3, -0.25) is 4.79 Å². The Bertz CT molecular complexity index is 929. The molecule has 0 fully saturated rings. The molecule has 2 heterocycles. The molecule has 124 valence electrons. The molecule has 3 N–H and O–H groups in total. The number of thiazole rings is 1. The lowest BCUT2D eigenvalue weighted by Crippen LogP contribution is -2.15. The zero-order chi connectivity index (χ0) is 16.7. The number of carbonyl (C=O) groups excluding carboxylic acids is 1. The Kier molecular flexibility index (Phi) is 4.24. The number of fused-ring (bicyclic) bond motifs is 2. The van der Waals surface area contributed by atoms with Gasteiger partial charge in [0.15, 0.2) is 5.13 Å². The summed E-state index contributed by atoms with van der Waals surface area (Å²) >= 11 is 4.98. The molecule has 0 saturated carbocycles. The minimum atomic E-state index is -0.345. The van der Waals surface area contributed by atoms with Crippen LogP contribution >= 0.6 is 34.4 Å². The Labute approximate surface area is 152 Å². The van der Waals surface area contributed by atoms with Crippen LogP contribution in [0, 0.1) is 0 Å². The van der Waals surface area contributed by atoms with E-state index in [4.69, 9.17) is 5.73 Å². The standard InChI is InChI=1S/C17H17N3OS3/c1-22-9-6-7-11-13(8-9)24-17(19-11)20-16-14(15(18)21)10-4-2-3-5-12(10)23-16/h6-8H,2-5H2,1H3,(H2,18,21)(H,19,20). The molecule has 1 amide bonds. The first-order valence-electron chi connectivity index (χ1n) is 7.81. The summed E-state index contributed by atoms with van der Waals surface area (Å²) in [5, 5.41) is 5.01. The minimum absolute atomic E-state index is 0.345. The van der Waals surface area contributed by atoms with Crippen LogP contribution in [-0.4, -0.2) is 17.1 Å². The maximum absolute atomic E-state index is 12.0. The number of anilines is 2. The van der Waals surface area contributed by atoms with Crippen LogP contribution in [0.1, 0.15) is 33.6 Å². The van der Waals surface area contributed by atoms with Crippen LogP contribution in [0.2, 0.25) is 0 Å². The first-order chi connectivity index (χ1) is 11.7. The highest BCUT2D eigenvalue weighted by Gasteiger charge is 2.24. The minimum Gasteiger partial charge on any atom is -0.365 e. The number of nitrogens with one attached hydrogen (secondary N) is 1. The second-order valence-corrected chi connectivity index (χ2v) is 8.77. The van der Waals surface area contributed by atoms with E-state index in [1.807, 2.05) is 6.07 Å². The first-order valence-corrected chi connectivity index (χ1v) is 10.7. The van der Waals surface area contributed by atoms with Gasteiger partial charge in [-0.25, -0.2) is 4.98 Å². The van der Waals surface area contributed by atoms with Crippen LogP contribution in [0.4, 0.5) is 10.1 Å².